The van der Waals surface area contributed by atoms with E-state index in [9.17, 15) is 9.59 Å². The number of aromatic nitrogens is 2. The minimum Gasteiger partial charge on any atom is -0.480 e. The number of carbonyl (C=O) groups is 2. The summed E-state index contributed by atoms with van der Waals surface area (Å²) in [6, 6.07) is -0.949. The molecule has 14 heavy (non-hydrogen) atoms. The van der Waals surface area contributed by atoms with E-state index in [0.29, 0.717) is 5.69 Å². The molecule has 6 nitrogen and oxygen atoms in total. The number of nitrogens with two attached hydrogens (primary N) is 1. The molecule has 1 rings (SSSR count). The summed E-state index contributed by atoms with van der Waals surface area (Å²) in [7, 11) is 0. The lowest BCUT2D eigenvalue weighted by Crippen LogP contribution is -2.32. The molecular formula is C8H11N3O3. The van der Waals surface area contributed by atoms with Crippen molar-refractivity contribution in [3.8, 4) is 0 Å². The van der Waals surface area contributed by atoms with Gasteiger partial charge in [0.1, 0.15) is 12.3 Å². The van der Waals surface area contributed by atoms with Gasteiger partial charge in [0.15, 0.2) is 0 Å². The second kappa shape index (κ2) is 4.52. The molecule has 0 fully saturated rings. The molecule has 0 radical (unpaired) electrons. The molecule has 1 heterocycles. The maximum Gasteiger partial charge on any atom is 0.320 e. The summed E-state index contributed by atoms with van der Waals surface area (Å²) in [6.45, 7) is 0.218. The highest BCUT2D eigenvalue weighted by atomic mass is 16.4. The van der Waals surface area contributed by atoms with Gasteiger partial charge < -0.3 is 20.2 Å². The molecule has 0 aromatic carbocycles. The maximum absolute atomic E-state index is 10.4. The van der Waals surface area contributed by atoms with Gasteiger partial charge in [0.2, 0.25) is 0 Å². The van der Waals surface area contributed by atoms with Gasteiger partial charge in [-0.25, -0.2) is 4.98 Å². The number of hydrogen-bond acceptors (Lipinski definition) is 4. The molecule has 1 unspecified atom stereocenters. The number of rotatable bonds is 5. The zero-order valence-corrected chi connectivity index (χ0v) is 7.46. The molecule has 1 aromatic heterocycles. The predicted octanol–water partition coefficient (Wildman–Crippen LogP) is -0.964. The fraction of sp³-hybridized carbons (Fsp3) is 0.375. The molecule has 0 saturated heterocycles. The fourth-order valence-electron chi connectivity index (χ4n) is 1.01. The zero-order chi connectivity index (χ0) is 10.6. The molecule has 76 valence electrons. The normalized spacial score (nSPS) is 12.4. The highest BCUT2D eigenvalue weighted by Crippen LogP contribution is 1.99. The Morgan fingerprint density at radius 2 is 2.50 bits per heavy atom. The van der Waals surface area contributed by atoms with Crippen LogP contribution in [0.1, 0.15) is 5.69 Å². The summed E-state index contributed by atoms with van der Waals surface area (Å²) < 4.78 is 1.57. The Kier molecular flexibility index (Phi) is 3.35. The van der Waals surface area contributed by atoms with Gasteiger partial charge in [0.05, 0.1) is 18.6 Å². The lowest BCUT2D eigenvalue weighted by Gasteiger charge is -2.01. The highest BCUT2D eigenvalue weighted by Gasteiger charge is 2.13. The van der Waals surface area contributed by atoms with E-state index in [1.165, 1.54) is 6.33 Å². The van der Waals surface area contributed by atoms with Crippen LogP contribution in [0, 0.1) is 0 Å². The summed E-state index contributed by atoms with van der Waals surface area (Å²) >= 11 is 0. The van der Waals surface area contributed by atoms with Crippen molar-refractivity contribution in [1.29, 1.82) is 0 Å². The predicted molar refractivity (Wildman–Crippen MR) is 47.6 cm³/mol. The first-order valence-corrected chi connectivity index (χ1v) is 4.06. The van der Waals surface area contributed by atoms with Gasteiger partial charge in [-0.3, -0.25) is 4.79 Å². The molecule has 0 spiro atoms. The third kappa shape index (κ3) is 2.67. The monoisotopic (exact) mass is 197 g/mol. The molecule has 1 atom stereocenters. The van der Waals surface area contributed by atoms with E-state index in [-0.39, 0.29) is 13.0 Å². The van der Waals surface area contributed by atoms with Crippen LogP contribution >= 0.6 is 0 Å². The largest absolute Gasteiger partial charge is 0.480 e. The van der Waals surface area contributed by atoms with E-state index in [2.05, 4.69) is 4.98 Å². The molecule has 0 saturated carbocycles. The Bertz CT molecular complexity index is 334. The number of carboxylic acids is 1. The van der Waals surface area contributed by atoms with Gasteiger partial charge in [-0.15, -0.1) is 0 Å². The second-order valence-electron chi connectivity index (χ2n) is 2.88. The average molecular weight is 197 g/mol. The number of aliphatic carboxylic acids is 1. The van der Waals surface area contributed by atoms with Gasteiger partial charge >= 0.3 is 5.97 Å². The van der Waals surface area contributed by atoms with Crippen LogP contribution in [-0.4, -0.2) is 33.0 Å². The third-order valence-corrected chi connectivity index (χ3v) is 1.72. The van der Waals surface area contributed by atoms with Crippen LogP contribution in [-0.2, 0) is 22.6 Å². The Morgan fingerprint density at radius 3 is 3.07 bits per heavy atom. The highest BCUT2D eigenvalue weighted by molar-refractivity contribution is 5.73. The zero-order valence-electron chi connectivity index (χ0n) is 7.46. The first kappa shape index (κ1) is 10.4. The maximum atomic E-state index is 10.4. The molecule has 0 amide bonds. The van der Waals surface area contributed by atoms with Crippen molar-refractivity contribution in [1.82, 2.24) is 9.55 Å². The Balaban J connectivity index is 2.59. The van der Waals surface area contributed by atoms with Gasteiger partial charge in [0, 0.05) is 12.6 Å². The number of hydrogen-bond donors (Lipinski definition) is 2. The van der Waals surface area contributed by atoms with E-state index >= 15 is 0 Å². The van der Waals surface area contributed by atoms with E-state index in [4.69, 9.17) is 10.8 Å². The van der Waals surface area contributed by atoms with Gasteiger partial charge in [0.25, 0.3) is 0 Å². The first-order chi connectivity index (χ1) is 6.63. The number of carbonyl (C=O) groups excluding carboxylic acids is 1. The van der Waals surface area contributed by atoms with Crippen LogP contribution in [0.4, 0.5) is 0 Å². The van der Waals surface area contributed by atoms with E-state index in [1.54, 1.807) is 10.8 Å². The lowest BCUT2D eigenvalue weighted by atomic mass is 10.2. The van der Waals surface area contributed by atoms with Crippen molar-refractivity contribution in [3.05, 3.63) is 18.2 Å². The number of aldehydes is 1. The Labute approximate surface area is 80.4 Å². The van der Waals surface area contributed by atoms with Crippen molar-refractivity contribution >= 4 is 12.3 Å². The number of imidazole rings is 1. The number of carboxylic acid groups (broad SMARTS) is 1. The van der Waals surface area contributed by atoms with Crippen LogP contribution < -0.4 is 5.73 Å². The quantitative estimate of drug-likeness (QED) is 0.592. The summed E-state index contributed by atoms with van der Waals surface area (Å²) in [5.74, 6) is -1.06. The molecule has 0 aliphatic carbocycles. The van der Waals surface area contributed by atoms with E-state index in [0.717, 1.165) is 6.29 Å². The van der Waals surface area contributed by atoms with Gasteiger partial charge in [-0.1, -0.05) is 0 Å². The van der Waals surface area contributed by atoms with Crippen LogP contribution in [0.3, 0.4) is 0 Å². The van der Waals surface area contributed by atoms with Crippen LogP contribution in [0.15, 0.2) is 12.5 Å². The van der Waals surface area contributed by atoms with Gasteiger partial charge in [-0.05, 0) is 0 Å². The molecule has 6 heteroatoms. The third-order valence-electron chi connectivity index (χ3n) is 1.72. The van der Waals surface area contributed by atoms with E-state index in [1.807, 2.05) is 0 Å². The lowest BCUT2D eigenvalue weighted by molar-refractivity contribution is -0.138. The van der Waals surface area contributed by atoms with Crippen LogP contribution in [0.5, 0.6) is 0 Å². The summed E-state index contributed by atoms with van der Waals surface area (Å²) in [4.78, 5) is 24.5. The topological polar surface area (TPSA) is 98.2 Å². The second-order valence-corrected chi connectivity index (χ2v) is 2.88. The molecule has 3 N–H and O–H groups in total. The van der Waals surface area contributed by atoms with Crippen molar-refractivity contribution < 1.29 is 14.7 Å². The Hall–Kier alpha value is -1.69. The van der Waals surface area contributed by atoms with Crippen molar-refractivity contribution in [3.63, 3.8) is 0 Å². The van der Waals surface area contributed by atoms with Crippen molar-refractivity contribution in [2.45, 2.75) is 19.0 Å². The molecule has 1 aromatic rings. The molecular weight excluding hydrogens is 186 g/mol. The smallest absolute Gasteiger partial charge is 0.320 e. The van der Waals surface area contributed by atoms with Crippen LogP contribution in [0.2, 0.25) is 0 Å². The standard InChI is InChI=1S/C8H11N3O3/c9-7(8(13)14)3-6-4-11(1-2-12)5-10-6/h2,4-5,7H,1,3,9H2,(H,13,14). The molecule has 0 aliphatic rings. The average Bonchev–Trinajstić information content (AvgIpc) is 2.53. The van der Waals surface area contributed by atoms with Gasteiger partial charge in [-0.2, -0.15) is 0 Å². The van der Waals surface area contributed by atoms with Crippen molar-refractivity contribution in [2.75, 3.05) is 0 Å². The SMILES string of the molecule is NC(Cc1cn(CC=O)cn1)C(=O)O. The molecule has 0 aliphatic heterocycles. The van der Waals surface area contributed by atoms with Crippen molar-refractivity contribution in [2.24, 2.45) is 5.73 Å². The summed E-state index contributed by atoms with van der Waals surface area (Å²) in [5.41, 5.74) is 5.88. The minimum atomic E-state index is -1.06. The van der Waals surface area contributed by atoms with E-state index < -0.39 is 12.0 Å². The Morgan fingerprint density at radius 1 is 1.79 bits per heavy atom. The molecule has 0 bridgehead atoms. The first-order valence-electron chi connectivity index (χ1n) is 4.06. The minimum absolute atomic E-state index is 0.168. The van der Waals surface area contributed by atoms with Crippen LogP contribution in [0.25, 0.3) is 0 Å². The summed E-state index contributed by atoms with van der Waals surface area (Å²) in [5, 5.41) is 8.54. The summed E-state index contributed by atoms with van der Waals surface area (Å²) in [6.07, 6.45) is 3.99. The fourth-order valence-corrected chi connectivity index (χ4v) is 1.01. The number of nitrogens with zero attached hydrogens (tertiary/aromatic N) is 2.